The first-order valence-electron chi connectivity index (χ1n) is 8.97. The van der Waals surface area contributed by atoms with Crippen molar-refractivity contribution in [2.75, 3.05) is 38.2 Å². The van der Waals surface area contributed by atoms with Crippen LogP contribution in [0.15, 0.2) is 29.3 Å². The number of nitrogens with zero attached hydrogens (tertiary/aromatic N) is 1. The summed E-state index contributed by atoms with van der Waals surface area (Å²) in [6.45, 7) is 7.66. The summed E-state index contributed by atoms with van der Waals surface area (Å²) in [4.78, 5) is 4.61. The highest BCUT2D eigenvalue weighted by Crippen LogP contribution is 2.11. The molecule has 0 saturated carbocycles. The van der Waals surface area contributed by atoms with Crippen molar-refractivity contribution in [1.82, 2.24) is 10.6 Å². The Labute approximate surface area is 151 Å². The van der Waals surface area contributed by atoms with Crippen LogP contribution in [0.5, 0.6) is 5.75 Å². The second-order valence-electron chi connectivity index (χ2n) is 5.76. The fourth-order valence-electron chi connectivity index (χ4n) is 2.15. The van der Waals surface area contributed by atoms with E-state index in [4.69, 9.17) is 4.74 Å². The molecule has 0 aliphatic rings. The average Bonchev–Trinajstić information content (AvgIpc) is 2.59. The van der Waals surface area contributed by atoms with Gasteiger partial charge in [-0.15, -0.1) is 0 Å². The van der Waals surface area contributed by atoms with Gasteiger partial charge in [-0.25, -0.2) is 0 Å². The van der Waals surface area contributed by atoms with Gasteiger partial charge in [-0.3, -0.25) is 4.99 Å². The molecule has 0 bridgehead atoms. The van der Waals surface area contributed by atoms with E-state index in [1.54, 1.807) is 0 Å². The van der Waals surface area contributed by atoms with E-state index in [9.17, 15) is 0 Å². The van der Waals surface area contributed by atoms with Crippen molar-refractivity contribution < 1.29 is 4.74 Å². The van der Waals surface area contributed by atoms with Crippen molar-refractivity contribution in [1.29, 1.82) is 0 Å². The van der Waals surface area contributed by atoms with Crippen molar-refractivity contribution in [3.63, 3.8) is 0 Å². The Morgan fingerprint density at radius 3 is 2.58 bits per heavy atom. The van der Waals surface area contributed by atoms with Crippen LogP contribution in [0, 0.1) is 6.92 Å². The molecule has 136 valence electrons. The SMILES string of the molecule is CCNC(=NCCCCSC)NCCCCOc1ccc(C)cc1. The number of rotatable bonds is 12. The van der Waals surface area contributed by atoms with E-state index in [1.165, 1.54) is 17.7 Å². The molecule has 0 amide bonds. The largest absolute Gasteiger partial charge is 0.494 e. The predicted octanol–water partition coefficient (Wildman–Crippen LogP) is 3.85. The third kappa shape index (κ3) is 10.4. The molecule has 2 N–H and O–H groups in total. The first kappa shape index (κ1) is 20.7. The zero-order chi connectivity index (χ0) is 17.5. The molecule has 0 spiro atoms. The molecule has 0 atom stereocenters. The summed E-state index contributed by atoms with van der Waals surface area (Å²) in [5.74, 6) is 3.11. The zero-order valence-corrected chi connectivity index (χ0v) is 16.3. The molecule has 0 aliphatic heterocycles. The van der Waals surface area contributed by atoms with Crippen LogP contribution in [-0.4, -0.2) is 44.2 Å². The van der Waals surface area contributed by atoms with E-state index in [1.807, 2.05) is 23.9 Å². The maximum Gasteiger partial charge on any atom is 0.191 e. The second kappa shape index (κ2) is 14.0. The lowest BCUT2D eigenvalue weighted by Crippen LogP contribution is -2.38. The van der Waals surface area contributed by atoms with E-state index in [0.29, 0.717) is 0 Å². The molecule has 0 heterocycles. The monoisotopic (exact) mass is 351 g/mol. The minimum absolute atomic E-state index is 0.757. The fraction of sp³-hybridized carbons (Fsp3) is 0.632. The fourth-order valence-corrected chi connectivity index (χ4v) is 2.64. The van der Waals surface area contributed by atoms with Crippen LogP contribution in [0.25, 0.3) is 0 Å². The number of aliphatic imine (C=N–C) groups is 1. The Morgan fingerprint density at radius 2 is 1.88 bits per heavy atom. The highest BCUT2D eigenvalue weighted by Gasteiger charge is 1.97. The molecular weight excluding hydrogens is 318 g/mol. The van der Waals surface area contributed by atoms with Gasteiger partial charge in [0.2, 0.25) is 0 Å². The molecule has 0 saturated heterocycles. The maximum absolute atomic E-state index is 5.74. The van der Waals surface area contributed by atoms with Crippen molar-refractivity contribution in [2.45, 2.75) is 39.5 Å². The Morgan fingerprint density at radius 1 is 1.08 bits per heavy atom. The van der Waals surface area contributed by atoms with Crippen molar-refractivity contribution >= 4 is 17.7 Å². The normalized spacial score (nSPS) is 11.4. The van der Waals surface area contributed by atoms with Gasteiger partial charge in [0.1, 0.15) is 5.75 Å². The zero-order valence-electron chi connectivity index (χ0n) is 15.4. The lowest BCUT2D eigenvalue weighted by Gasteiger charge is -2.11. The van der Waals surface area contributed by atoms with Crippen LogP contribution in [0.1, 0.15) is 38.2 Å². The molecule has 4 nitrogen and oxygen atoms in total. The Bertz CT molecular complexity index is 448. The number of ether oxygens (including phenoxy) is 1. The van der Waals surface area contributed by atoms with Gasteiger partial charge in [-0.1, -0.05) is 17.7 Å². The predicted molar refractivity (Wildman–Crippen MR) is 108 cm³/mol. The molecule has 0 aliphatic carbocycles. The van der Waals surface area contributed by atoms with Gasteiger partial charge < -0.3 is 15.4 Å². The second-order valence-corrected chi connectivity index (χ2v) is 6.74. The van der Waals surface area contributed by atoms with E-state index in [2.05, 4.69) is 47.9 Å². The van der Waals surface area contributed by atoms with E-state index in [0.717, 1.165) is 57.2 Å². The van der Waals surface area contributed by atoms with Gasteiger partial charge in [0.25, 0.3) is 0 Å². The summed E-state index contributed by atoms with van der Waals surface area (Å²) in [7, 11) is 0. The molecule has 1 rings (SSSR count). The minimum atomic E-state index is 0.757. The summed E-state index contributed by atoms with van der Waals surface area (Å²) in [5, 5.41) is 6.69. The van der Waals surface area contributed by atoms with Crippen molar-refractivity contribution in [3.05, 3.63) is 29.8 Å². The number of unbranched alkanes of at least 4 members (excludes halogenated alkanes) is 2. The molecule has 0 fully saturated rings. The smallest absolute Gasteiger partial charge is 0.191 e. The molecule has 1 aromatic carbocycles. The minimum Gasteiger partial charge on any atom is -0.494 e. The summed E-state index contributed by atoms with van der Waals surface area (Å²) >= 11 is 1.90. The Balaban J connectivity index is 2.11. The van der Waals surface area contributed by atoms with Gasteiger partial charge >= 0.3 is 0 Å². The summed E-state index contributed by atoms with van der Waals surface area (Å²) in [5.41, 5.74) is 1.26. The van der Waals surface area contributed by atoms with Gasteiger partial charge in [0, 0.05) is 19.6 Å². The van der Waals surface area contributed by atoms with Gasteiger partial charge in [0.05, 0.1) is 6.61 Å². The first-order chi connectivity index (χ1) is 11.8. The Kier molecular flexibility index (Phi) is 12.1. The Hall–Kier alpha value is -1.36. The third-order valence-electron chi connectivity index (χ3n) is 3.52. The molecule has 1 aromatic rings. The number of benzene rings is 1. The van der Waals surface area contributed by atoms with Crippen LogP contribution >= 0.6 is 11.8 Å². The topological polar surface area (TPSA) is 45.7 Å². The highest BCUT2D eigenvalue weighted by molar-refractivity contribution is 7.98. The van der Waals surface area contributed by atoms with Gasteiger partial charge in [-0.05, 0) is 63.7 Å². The van der Waals surface area contributed by atoms with Crippen LogP contribution in [0.3, 0.4) is 0 Å². The molecule has 24 heavy (non-hydrogen) atoms. The quantitative estimate of drug-likeness (QED) is 0.341. The molecule has 5 heteroatoms. The van der Waals surface area contributed by atoms with Crippen LogP contribution in [0.4, 0.5) is 0 Å². The van der Waals surface area contributed by atoms with Crippen LogP contribution < -0.4 is 15.4 Å². The summed E-state index contributed by atoms with van der Waals surface area (Å²) < 4.78 is 5.74. The third-order valence-corrected chi connectivity index (χ3v) is 4.22. The van der Waals surface area contributed by atoms with E-state index < -0.39 is 0 Å². The van der Waals surface area contributed by atoms with Crippen molar-refractivity contribution in [3.8, 4) is 5.75 Å². The van der Waals surface area contributed by atoms with Gasteiger partial charge in [0.15, 0.2) is 5.96 Å². The van der Waals surface area contributed by atoms with E-state index >= 15 is 0 Å². The maximum atomic E-state index is 5.74. The van der Waals surface area contributed by atoms with Crippen LogP contribution in [-0.2, 0) is 0 Å². The summed E-state index contributed by atoms with van der Waals surface area (Å²) in [6.07, 6.45) is 6.65. The van der Waals surface area contributed by atoms with Crippen molar-refractivity contribution in [2.24, 2.45) is 4.99 Å². The summed E-state index contributed by atoms with van der Waals surface area (Å²) in [6, 6.07) is 8.21. The standard InChI is InChI=1S/C19H33N3OS/c1-4-20-19(22-14-6-8-16-24-3)21-13-5-7-15-23-18-11-9-17(2)10-12-18/h9-12H,4-8,13-16H2,1-3H3,(H2,20,21,22). The molecular formula is C19H33N3OS. The molecule has 0 unspecified atom stereocenters. The number of thioether (sulfide) groups is 1. The lowest BCUT2D eigenvalue weighted by molar-refractivity contribution is 0.307. The number of hydrogen-bond donors (Lipinski definition) is 2. The number of nitrogens with one attached hydrogen (secondary N) is 2. The van der Waals surface area contributed by atoms with Gasteiger partial charge in [-0.2, -0.15) is 11.8 Å². The average molecular weight is 352 g/mol. The highest BCUT2D eigenvalue weighted by atomic mass is 32.2. The number of aryl methyl sites for hydroxylation is 1. The molecule has 0 aromatic heterocycles. The number of hydrogen-bond acceptors (Lipinski definition) is 3. The van der Waals surface area contributed by atoms with E-state index in [-0.39, 0.29) is 0 Å². The number of guanidine groups is 1. The molecule has 0 radical (unpaired) electrons. The first-order valence-corrected chi connectivity index (χ1v) is 10.4. The lowest BCUT2D eigenvalue weighted by atomic mass is 10.2. The van der Waals surface area contributed by atoms with Crippen LogP contribution in [0.2, 0.25) is 0 Å².